The van der Waals surface area contributed by atoms with Crippen LogP contribution in [0.2, 0.25) is 0 Å². The molecule has 0 heterocycles. The summed E-state index contributed by atoms with van der Waals surface area (Å²) in [6, 6.07) is 16.1. The van der Waals surface area contributed by atoms with Crippen LogP contribution in [0.25, 0.3) is 0 Å². The Labute approximate surface area is 141 Å². The second-order valence-corrected chi connectivity index (χ2v) is 5.65. The fourth-order valence-corrected chi connectivity index (χ4v) is 1.92. The van der Waals surface area contributed by atoms with Gasteiger partial charge in [0.05, 0.1) is 27.1 Å². The standard InChI is InChI=1S/C18H21N3O3/c1-21(2)13-12-17(22)19-20-18(23)14-8-10-16(11-9-14)24-15-6-4-3-5-7-15/h3-11H,12-13H2,1-2H3,(H,19,22)(H,20,23)/p+1. The summed E-state index contributed by atoms with van der Waals surface area (Å²) >= 11 is 0. The molecule has 0 spiro atoms. The third kappa shape index (κ3) is 5.73. The Kier molecular flexibility index (Phi) is 6.33. The van der Waals surface area contributed by atoms with Crippen LogP contribution in [-0.4, -0.2) is 32.5 Å². The average molecular weight is 328 g/mol. The fraction of sp³-hybridized carbons (Fsp3) is 0.222. The number of nitrogens with one attached hydrogen (secondary N) is 3. The van der Waals surface area contributed by atoms with Gasteiger partial charge in [-0.15, -0.1) is 0 Å². The molecule has 0 unspecified atom stereocenters. The maximum atomic E-state index is 12.0. The van der Waals surface area contributed by atoms with E-state index in [1.165, 1.54) is 4.90 Å². The van der Waals surface area contributed by atoms with Crippen molar-refractivity contribution in [2.45, 2.75) is 6.42 Å². The highest BCUT2D eigenvalue weighted by atomic mass is 16.5. The molecule has 24 heavy (non-hydrogen) atoms. The van der Waals surface area contributed by atoms with Crippen molar-refractivity contribution in [3.05, 3.63) is 60.2 Å². The molecule has 2 aromatic rings. The molecule has 2 aromatic carbocycles. The molecule has 0 aliphatic rings. The number of quaternary nitrogens is 1. The molecular weight excluding hydrogens is 306 g/mol. The largest absolute Gasteiger partial charge is 0.457 e. The number of hydrogen-bond acceptors (Lipinski definition) is 3. The topological polar surface area (TPSA) is 71.9 Å². The Bertz CT molecular complexity index is 670. The van der Waals surface area contributed by atoms with Gasteiger partial charge in [-0.1, -0.05) is 18.2 Å². The highest BCUT2D eigenvalue weighted by Gasteiger charge is 2.08. The fourth-order valence-electron chi connectivity index (χ4n) is 1.92. The first kappa shape index (κ1) is 17.5. The van der Waals surface area contributed by atoms with Crippen molar-refractivity contribution in [2.24, 2.45) is 0 Å². The summed E-state index contributed by atoms with van der Waals surface area (Å²) in [4.78, 5) is 24.7. The van der Waals surface area contributed by atoms with Gasteiger partial charge in [0.1, 0.15) is 11.5 Å². The minimum Gasteiger partial charge on any atom is -0.457 e. The van der Waals surface area contributed by atoms with Gasteiger partial charge in [-0.05, 0) is 36.4 Å². The van der Waals surface area contributed by atoms with E-state index in [0.717, 1.165) is 5.75 Å². The Morgan fingerprint density at radius 1 is 0.917 bits per heavy atom. The van der Waals surface area contributed by atoms with E-state index in [4.69, 9.17) is 4.74 Å². The van der Waals surface area contributed by atoms with Crippen LogP contribution in [-0.2, 0) is 4.79 Å². The Balaban J connectivity index is 1.84. The molecule has 2 amide bonds. The van der Waals surface area contributed by atoms with E-state index in [1.54, 1.807) is 24.3 Å². The highest BCUT2D eigenvalue weighted by molar-refractivity contribution is 5.95. The second-order valence-electron chi connectivity index (χ2n) is 5.65. The SMILES string of the molecule is C[NH+](C)CCC(=O)NNC(=O)c1ccc(Oc2ccccc2)cc1. The van der Waals surface area contributed by atoms with E-state index >= 15 is 0 Å². The van der Waals surface area contributed by atoms with Crippen LogP contribution < -0.4 is 20.5 Å². The predicted octanol–water partition coefficient (Wildman–Crippen LogP) is 0.775. The van der Waals surface area contributed by atoms with Gasteiger partial charge in [0.15, 0.2) is 0 Å². The van der Waals surface area contributed by atoms with Crippen LogP contribution in [0.15, 0.2) is 54.6 Å². The normalized spacial score (nSPS) is 10.3. The average Bonchev–Trinajstić information content (AvgIpc) is 2.59. The number of hydrazine groups is 1. The number of carbonyl (C=O) groups is 2. The van der Waals surface area contributed by atoms with Gasteiger partial charge in [0, 0.05) is 5.56 Å². The Morgan fingerprint density at radius 3 is 2.17 bits per heavy atom. The molecule has 2 rings (SSSR count). The molecule has 0 saturated carbocycles. The number of hydrogen-bond donors (Lipinski definition) is 3. The summed E-state index contributed by atoms with van der Waals surface area (Å²) < 4.78 is 5.66. The first-order valence-electron chi connectivity index (χ1n) is 7.76. The number of benzene rings is 2. The molecular formula is C18H22N3O3+. The van der Waals surface area contributed by atoms with Gasteiger partial charge in [0.2, 0.25) is 5.91 Å². The summed E-state index contributed by atoms with van der Waals surface area (Å²) in [7, 11) is 3.93. The lowest BCUT2D eigenvalue weighted by atomic mass is 10.2. The van der Waals surface area contributed by atoms with E-state index in [1.807, 2.05) is 44.4 Å². The van der Waals surface area contributed by atoms with Crippen LogP contribution in [0.4, 0.5) is 0 Å². The van der Waals surface area contributed by atoms with Crippen LogP contribution in [0.3, 0.4) is 0 Å². The summed E-state index contributed by atoms with van der Waals surface area (Å²) in [5.41, 5.74) is 5.25. The lowest BCUT2D eigenvalue weighted by Crippen LogP contribution is -3.05. The van der Waals surface area contributed by atoms with E-state index in [9.17, 15) is 9.59 Å². The van der Waals surface area contributed by atoms with E-state index < -0.39 is 0 Å². The van der Waals surface area contributed by atoms with Crippen molar-refractivity contribution in [2.75, 3.05) is 20.6 Å². The zero-order valence-corrected chi connectivity index (χ0v) is 13.8. The van der Waals surface area contributed by atoms with Crippen LogP contribution in [0.5, 0.6) is 11.5 Å². The molecule has 6 nitrogen and oxygen atoms in total. The van der Waals surface area contributed by atoms with Crippen molar-refractivity contribution in [3.8, 4) is 11.5 Å². The molecule has 0 saturated heterocycles. The van der Waals surface area contributed by atoms with Crippen LogP contribution in [0, 0.1) is 0 Å². The van der Waals surface area contributed by atoms with Crippen molar-refractivity contribution in [1.82, 2.24) is 10.9 Å². The van der Waals surface area contributed by atoms with Crippen LogP contribution >= 0.6 is 0 Å². The molecule has 0 bridgehead atoms. The van der Waals surface area contributed by atoms with E-state index in [2.05, 4.69) is 10.9 Å². The van der Waals surface area contributed by atoms with Crippen molar-refractivity contribution in [1.29, 1.82) is 0 Å². The zero-order valence-electron chi connectivity index (χ0n) is 13.8. The number of amides is 2. The van der Waals surface area contributed by atoms with Crippen LogP contribution in [0.1, 0.15) is 16.8 Å². The molecule has 0 radical (unpaired) electrons. The molecule has 0 aliphatic carbocycles. The van der Waals surface area contributed by atoms with E-state index in [-0.39, 0.29) is 11.8 Å². The number of ether oxygens (including phenoxy) is 1. The van der Waals surface area contributed by atoms with Crippen molar-refractivity contribution >= 4 is 11.8 Å². The van der Waals surface area contributed by atoms with Crippen molar-refractivity contribution < 1.29 is 19.2 Å². The lowest BCUT2D eigenvalue weighted by molar-refractivity contribution is -0.857. The van der Waals surface area contributed by atoms with Gasteiger partial charge < -0.3 is 9.64 Å². The van der Waals surface area contributed by atoms with E-state index in [0.29, 0.717) is 24.3 Å². The first-order valence-corrected chi connectivity index (χ1v) is 7.76. The van der Waals surface area contributed by atoms with Gasteiger partial charge >= 0.3 is 0 Å². The number of rotatable bonds is 6. The molecule has 0 aromatic heterocycles. The molecule has 126 valence electrons. The summed E-state index contributed by atoms with van der Waals surface area (Å²) in [5, 5.41) is 0. The minimum atomic E-state index is -0.369. The van der Waals surface area contributed by atoms with Gasteiger partial charge in [-0.25, -0.2) is 0 Å². The molecule has 0 atom stereocenters. The maximum absolute atomic E-state index is 12.0. The zero-order chi connectivity index (χ0) is 17.4. The second kappa shape index (κ2) is 8.69. The number of carbonyl (C=O) groups excluding carboxylic acids is 2. The molecule has 0 fully saturated rings. The Hall–Kier alpha value is -2.86. The number of para-hydroxylation sites is 1. The maximum Gasteiger partial charge on any atom is 0.269 e. The Morgan fingerprint density at radius 2 is 1.54 bits per heavy atom. The molecule has 3 N–H and O–H groups in total. The highest BCUT2D eigenvalue weighted by Crippen LogP contribution is 2.20. The quantitative estimate of drug-likeness (QED) is 0.686. The third-order valence-corrected chi connectivity index (χ3v) is 3.26. The first-order chi connectivity index (χ1) is 11.5. The predicted molar refractivity (Wildman–Crippen MR) is 90.9 cm³/mol. The molecule has 0 aliphatic heterocycles. The minimum absolute atomic E-state index is 0.214. The monoisotopic (exact) mass is 328 g/mol. The third-order valence-electron chi connectivity index (χ3n) is 3.26. The van der Waals surface area contributed by atoms with Crippen molar-refractivity contribution in [3.63, 3.8) is 0 Å². The summed E-state index contributed by atoms with van der Waals surface area (Å²) in [5.74, 6) is 0.779. The molecule has 6 heteroatoms. The summed E-state index contributed by atoms with van der Waals surface area (Å²) in [6.45, 7) is 0.702. The van der Waals surface area contributed by atoms with Gasteiger partial charge in [0.25, 0.3) is 5.91 Å². The van der Waals surface area contributed by atoms with Gasteiger partial charge in [-0.2, -0.15) is 0 Å². The summed E-state index contributed by atoms with van der Waals surface area (Å²) in [6.07, 6.45) is 0.354. The smallest absolute Gasteiger partial charge is 0.269 e. The van der Waals surface area contributed by atoms with Gasteiger partial charge in [-0.3, -0.25) is 20.4 Å². The lowest BCUT2D eigenvalue weighted by Gasteiger charge is -2.10.